The van der Waals surface area contributed by atoms with Crippen LogP contribution in [-0.4, -0.2) is 0 Å². The normalized spacial score (nSPS) is 14.3. The molecule has 0 bridgehead atoms. The average Bonchev–Trinajstić information content (AvgIpc) is 3.54. The molecule has 0 unspecified atom stereocenters. The molecular formula is C42H26O. The Morgan fingerprint density at radius 1 is 0.372 bits per heavy atom. The first-order valence-corrected chi connectivity index (χ1v) is 14.1. The van der Waals surface area contributed by atoms with Crippen LogP contribution >= 0.6 is 0 Å². The summed E-state index contributed by atoms with van der Waals surface area (Å²) in [6.07, 6.45) is 0. The molecule has 0 saturated carbocycles. The average molecular weight is 555 g/mol. The fraction of sp³-hybridized carbons (Fsp3) is 0. The van der Waals surface area contributed by atoms with Gasteiger partial charge in [-0.3, -0.25) is 0 Å². The summed E-state index contributed by atoms with van der Waals surface area (Å²) in [5, 5.41) is 4.03. The molecule has 0 atom stereocenters. The van der Waals surface area contributed by atoms with E-state index in [1.807, 2.05) is 97.1 Å². The molecule has 43 heavy (non-hydrogen) atoms. The third-order valence-corrected chi connectivity index (χ3v) is 8.32. The third kappa shape index (κ3) is 3.65. The van der Waals surface area contributed by atoms with Crippen molar-refractivity contribution in [3.05, 3.63) is 158 Å². The van der Waals surface area contributed by atoms with Crippen molar-refractivity contribution in [1.29, 1.82) is 0 Å². The maximum Gasteiger partial charge on any atom is 0.135 e. The number of hydrogen-bond donors (Lipinski definition) is 0. The Kier molecular flexibility index (Phi) is 3.80. The second-order valence-electron chi connectivity index (χ2n) is 10.6. The van der Waals surface area contributed by atoms with E-state index in [1.54, 1.807) is 12.1 Å². The molecule has 1 nitrogen and oxygen atoms in total. The highest BCUT2D eigenvalue weighted by Gasteiger charge is 2.19. The van der Waals surface area contributed by atoms with Gasteiger partial charge in [-0.15, -0.1) is 0 Å². The Hall–Kier alpha value is -5.66. The zero-order chi connectivity index (χ0) is 35.3. The first-order valence-electron chi connectivity index (χ1n) is 18.1. The number of benzene rings is 8. The van der Waals surface area contributed by atoms with Gasteiger partial charge in [-0.1, -0.05) is 139 Å². The van der Waals surface area contributed by atoms with E-state index in [-0.39, 0.29) is 45.7 Å². The van der Waals surface area contributed by atoms with E-state index < -0.39 is 24.2 Å². The van der Waals surface area contributed by atoms with Crippen LogP contribution < -0.4 is 0 Å². The van der Waals surface area contributed by atoms with Crippen molar-refractivity contribution in [2.75, 3.05) is 0 Å². The monoisotopic (exact) mass is 554 g/mol. The number of rotatable bonds is 3. The lowest BCUT2D eigenvalue weighted by atomic mass is 9.83. The quantitative estimate of drug-likeness (QED) is 0.198. The fourth-order valence-electron chi connectivity index (χ4n) is 6.45. The Labute approximate surface area is 260 Å². The van der Waals surface area contributed by atoms with Gasteiger partial charge in [-0.2, -0.15) is 0 Å². The first-order chi connectivity index (χ1) is 24.7. The zero-order valence-corrected chi connectivity index (χ0v) is 22.8. The molecule has 0 radical (unpaired) electrons. The van der Waals surface area contributed by atoms with Crippen molar-refractivity contribution >= 4 is 54.3 Å². The molecule has 0 fully saturated rings. The topological polar surface area (TPSA) is 13.1 Å². The molecule has 1 heterocycles. The summed E-state index contributed by atoms with van der Waals surface area (Å²) >= 11 is 0. The molecule has 200 valence electrons. The number of hydrogen-bond acceptors (Lipinski definition) is 1. The largest absolute Gasteiger partial charge is 0.456 e. The molecule has 0 saturated heterocycles. The summed E-state index contributed by atoms with van der Waals surface area (Å²) in [5.74, 6) is 0. The molecule has 1 aromatic heterocycles. The minimum Gasteiger partial charge on any atom is -0.456 e. The van der Waals surface area contributed by atoms with Crippen molar-refractivity contribution in [3.63, 3.8) is 0 Å². The second kappa shape index (κ2) is 9.44. The maximum absolute atomic E-state index is 9.37. The van der Waals surface area contributed by atoms with Crippen LogP contribution in [0.25, 0.3) is 87.6 Å². The Morgan fingerprint density at radius 2 is 0.907 bits per heavy atom. The van der Waals surface area contributed by atoms with E-state index in [0.29, 0.717) is 33.4 Å². The molecule has 0 spiro atoms. The molecular weight excluding hydrogens is 520 g/mol. The van der Waals surface area contributed by atoms with Gasteiger partial charge >= 0.3 is 0 Å². The van der Waals surface area contributed by atoms with E-state index in [4.69, 9.17) is 9.90 Å². The van der Waals surface area contributed by atoms with Crippen molar-refractivity contribution in [2.24, 2.45) is 0 Å². The lowest BCUT2D eigenvalue weighted by molar-refractivity contribution is 0.669. The van der Waals surface area contributed by atoms with Gasteiger partial charge < -0.3 is 4.42 Å². The van der Waals surface area contributed by atoms with Gasteiger partial charge in [0.1, 0.15) is 11.2 Å². The number of para-hydroxylation sites is 1. The van der Waals surface area contributed by atoms with Gasteiger partial charge in [0.05, 0.1) is 11.0 Å². The van der Waals surface area contributed by atoms with Gasteiger partial charge in [-0.05, 0) is 83.9 Å². The molecule has 9 aromatic rings. The summed E-state index contributed by atoms with van der Waals surface area (Å²) < 4.78 is 78.7. The summed E-state index contributed by atoms with van der Waals surface area (Å²) in [5.41, 5.74) is 5.03. The second-order valence-corrected chi connectivity index (χ2v) is 10.6. The van der Waals surface area contributed by atoms with E-state index in [9.17, 15) is 5.48 Å². The minimum absolute atomic E-state index is 0.178. The number of fused-ring (bicyclic) bond motifs is 6. The standard InChI is InChI=1S/C42H26O/c1-2-12-27(13-3-1)29-23-24-37(31-15-5-4-14-30(29)31)42-35-19-8-6-17-33(35)41(34-18-7-9-20-36(34)42)28-22-25-40-38(26-28)32-16-10-11-21-39(32)43-40/h1-26H/i6D,7D,8D,9D,17D,18D,19D,20D. The van der Waals surface area contributed by atoms with Crippen LogP contribution in [-0.2, 0) is 0 Å². The SMILES string of the molecule is [2H]c1c([2H])c([2H])c2c(-c3ccc(-c4ccccc4)c4ccccc34)c3c([2H])c([2H])c([2H])c([2H])c3c(-c3ccc4oc5ccccc5c4c3)c2c1[2H]. The Bertz CT molecular complexity index is 2870. The van der Waals surface area contributed by atoms with Crippen LogP contribution in [0.15, 0.2) is 162 Å². The van der Waals surface area contributed by atoms with E-state index >= 15 is 0 Å². The highest BCUT2D eigenvalue weighted by atomic mass is 16.3. The van der Waals surface area contributed by atoms with Gasteiger partial charge in [0.15, 0.2) is 0 Å². The van der Waals surface area contributed by atoms with Crippen molar-refractivity contribution < 1.29 is 15.4 Å². The highest BCUT2D eigenvalue weighted by Crippen LogP contribution is 2.47. The van der Waals surface area contributed by atoms with Crippen molar-refractivity contribution in [1.82, 2.24) is 0 Å². The Morgan fingerprint density at radius 3 is 1.60 bits per heavy atom. The Balaban J connectivity index is 1.53. The summed E-state index contributed by atoms with van der Waals surface area (Å²) in [6, 6.07) is 31.7. The van der Waals surface area contributed by atoms with Crippen LogP contribution in [0.2, 0.25) is 0 Å². The van der Waals surface area contributed by atoms with E-state index in [1.165, 1.54) is 0 Å². The first kappa shape index (κ1) is 17.3. The molecule has 9 rings (SSSR count). The van der Waals surface area contributed by atoms with Crippen LogP contribution in [0.3, 0.4) is 0 Å². The van der Waals surface area contributed by atoms with Crippen LogP contribution in [0.4, 0.5) is 0 Å². The highest BCUT2D eigenvalue weighted by molar-refractivity contribution is 6.24. The minimum atomic E-state index is -0.431. The van der Waals surface area contributed by atoms with E-state index in [0.717, 1.165) is 32.7 Å². The van der Waals surface area contributed by atoms with Crippen LogP contribution in [0.1, 0.15) is 11.0 Å². The molecule has 0 aliphatic carbocycles. The summed E-state index contributed by atoms with van der Waals surface area (Å²) in [6.45, 7) is 0. The molecule has 1 heteroatoms. The molecule has 0 amide bonds. The van der Waals surface area contributed by atoms with Gasteiger partial charge in [0.2, 0.25) is 0 Å². The van der Waals surface area contributed by atoms with Crippen molar-refractivity contribution in [2.45, 2.75) is 0 Å². The lowest BCUT2D eigenvalue weighted by Crippen LogP contribution is -1.92. The summed E-state index contributed by atoms with van der Waals surface area (Å²) in [4.78, 5) is 0. The molecule has 0 N–H and O–H groups in total. The molecule has 0 aliphatic heterocycles. The van der Waals surface area contributed by atoms with Gasteiger partial charge in [0.25, 0.3) is 0 Å². The summed E-state index contributed by atoms with van der Waals surface area (Å²) in [7, 11) is 0. The third-order valence-electron chi connectivity index (χ3n) is 8.32. The zero-order valence-electron chi connectivity index (χ0n) is 30.8. The maximum atomic E-state index is 9.37. The number of furan rings is 1. The van der Waals surface area contributed by atoms with Gasteiger partial charge in [0, 0.05) is 10.8 Å². The lowest BCUT2D eigenvalue weighted by Gasteiger charge is -2.19. The smallest absolute Gasteiger partial charge is 0.135 e. The van der Waals surface area contributed by atoms with E-state index in [2.05, 4.69) is 0 Å². The van der Waals surface area contributed by atoms with Crippen LogP contribution in [0, 0.1) is 0 Å². The molecule has 0 aliphatic rings. The predicted octanol–water partition coefficient (Wildman–Crippen LogP) is 12.0. The molecule has 8 aromatic carbocycles. The predicted molar refractivity (Wildman–Crippen MR) is 183 cm³/mol. The van der Waals surface area contributed by atoms with Gasteiger partial charge in [-0.25, -0.2) is 0 Å². The van der Waals surface area contributed by atoms with Crippen LogP contribution in [0.5, 0.6) is 0 Å². The fourth-order valence-corrected chi connectivity index (χ4v) is 6.45. The van der Waals surface area contributed by atoms with Crippen molar-refractivity contribution in [3.8, 4) is 33.4 Å².